The Labute approximate surface area is 124 Å². The van der Waals surface area contributed by atoms with E-state index in [-0.39, 0.29) is 11.2 Å². The maximum Gasteiger partial charge on any atom is 0.123 e. The zero-order valence-electron chi connectivity index (χ0n) is 11.9. The molecule has 21 heavy (non-hydrogen) atoms. The lowest BCUT2D eigenvalue weighted by atomic mass is 9.66. The minimum Gasteiger partial charge on any atom is -0.388 e. The zero-order chi connectivity index (χ0) is 14.9. The molecule has 3 rings (SSSR count). The summed E-state index contributed by atoms with van der Waals surface area (Å²) in [5, 5.41) is 10.8. The summed E-state index contributed by atoms with van der Waals surface area (Å²) in [5.41, 5.74) is 9.00. The second kappa shape index (κ2) is 5.58. The van der Waals surface area contributed by atoms with Crippen molar-refractivity contribution in [3.8, 4) is 0 Å². The standard InChI is InChI=1S/C18H20FNO/c19-16-7-5-14(6-8-16)17(21)18(12-20)10-9-13-3-1-2-4-15(13)11-18/h1-8,17,21H,9-12,20H2. The van der Waals surface area contributed by atoms with Gasteiger partial charge in [-0.3, -0.25) is 0 Å². The minimum atomic E-state index is -0.670. The van der Waals surface area contributed by atoms with Crippen LogP contribution in [0, 0.1) is 11.2 Å². The topological polar surface area (TPSA) is 46.2 Å². The summed E-state index contributed by atoms with van der Waals surface area (Å²) in [4.78, 5) is 0. The molecule has 0 aliphatic heterocycles. The Morgan fingerprint density at radius 3 is 2.43 bits per heavy atom. The molecule has 1 aliphatic carbocycles. The molecule has 0 aromatic heterocycles. The van der Waals surface area contributed by atoms with Crippen LogP contribution >= 0.6 is 0 Å². The van der Waals surface area contributed by atoms with Gasteiger partial charge in [0.2, 0.25) is 0 Å². The molecule has 1 aliphatic rings. The molecule has 3 heteroatoms. The molecule has 0 radical (unpaired) electrons. The van der Waals surface area contributed by atoms with Gasteiger partial charge in [0, 0.05) is 12.0 Å². The van der Waals surface area contributed by atoms with Crippen molar-refractivity contribution in [2.75, 3.05) is 6.54 Å². The van der Waals surface area contributed by atoms with Gasteiger partial charge in [-0.05, 0) is 48.1 Å². The molecular weight excluding hydrogens is 265 g/mol. The Kier molecular flexibility index (Phi) is 3.79. The molecular formula is C18H20FNO. The first-order valence-corrected chi connectivity index (χ1v) is 7.35. The number of rotatable bonds is 3. The molecule has 2 atom stereocenters. The van der Waals surface area contributed by atoms with Crippen LogP contribution in [-0.4, -0.2) is 11.7 Å². The molecule has 2 nitrogen and oxygen atoms in total. The number of nitrogens with two attached hydrogens (primary N) is 1. The van der Waals surface area contributed by atoms with Gasteiger partial charge in [-0.2, -0.15) is 0 Å². The summed E-state index contributed by atoms with van der Waals surface area (Å²) in [7, 11) is 0. The largest absolute Gasteiger partial charge is 0.388 e. The number of fused-ring (bicyclic) bond motifs is 1. The third kappa shape index (κ3) is 2.59. The monoisotopic (exact) mass is 285 g/mol. The molecule has 2 aromatic carbocycles. The van der Waals surface area contributed by atoms with Crippen LogP contribution in [0.15, 0.2) is 48.5 Å². The fourth-order valence-electron chi connectivity index (χ4n) is 3.34. The molecule has 0 saturated heterocycles. The maximum atomic E-state index is 13.1. The minimum absolute atomic E-state index is 0.290. The van der Waals surface area contributed by atoms with Crippen LogP contribution < -0.4 is 5.73 Å². The van der Waals surface area contributed by atoms with Crippen molar-refractivity contribution in [3.05, 3.63) is 71.0 Å². The number of aliphatic hydroxyl groups excluding tert-OH is 1. The quantitative estimate of drug-likeness (QED) is 0.910. The molecule has 0 spiro atoms. The van der Waals surface area contributed by atoms with Crippen molar-refractivity contribution < 1.29 is 9.50 Å². The highest BCUT2D eigenvalue weighted by Gasteiger charge is 2.40. The number of halogens is 1. The summed E-state index contributed by atoms with van der Waals surface area (Å²) in [6.07, 6.45) is 1.86. The molecule has 0 bridgehead atoms. The van der Waals surface area contributed by atoms with Crippen molar-refractivity contribution in [2.24, 2.45) is 11.1 Å². The summed E-state index contributed by atoms with van der Waals surface area (Å²) in [6, 6.07) is 14.4. The SMILES string of the molecule is NCC1(C(O)c2ccc(F)cc2)CCc2ccccc2C1. The van der Waals surface area contributed by atoms with E-state index in [1.165, 1.54) is 23.3 Å². The van der Waals surface area contributed by atoms with Crippen LogP contribution in [0.5, 0.6) is 0 Å². The average molecular weight is 285 g/mol. The molecule has 0 saturated carbocycles. The second-order valence-electron chi connectivity index (χ2n) is 5.97. The molecule has 2 unspecified atom stereocenters. The van der Waals surface area contributed by atoms with Gasteiger partial charge >= 0.3 is 0 Å². The third-order valence-corrected chi connectivity index (χ3v) is 4.73. The highest BCUT2D eigenvalue weighted by Crippen LogP contribution is 2.44. The smallest absolute Gasteiger partial charge is 0.123 e. The van der Waals surface area contributed by atoms with Gasteiger partial charge in [0.15, 0.2) is 0 Å². The fourth-order valence-corrected chi connectivity index (χ4v) is 3.34. The van der Waals surface area contributed by atoms with Crippen LogP contribution in [0.4, 0.5) is 4.39 Å². The number of aryl methyl sites for hydroxylation is 1. The second-order valence-corrected chi connectivity index (χ2v) is 5.97. The summed E-state index contributed by atoms with van der Waals surface area (Å²) >= 11 is 0. The lowest BCUT2D eigenvalue weighted by Gasteiger charge is -2.41. The van der Waals surface area contributed by atoms with E-state index >= 15 is 0 Å². The molecule has 0 heterocycles. The van der Waals surface area contributed by atoms with E-state index in [1.54, 1.807) is 12.1 Å². The van der Waals surface area contributed by atoms with Crippen molar-refractivity contribution in [1.29, 1.82) is 0 Å². The Hall–Kier alpha value is -1.71. The van der Waals surface area contributed by atoms with Crippen molar-refractivity contribution in [2.45, 2.75) is 25.4 Å². The lowest BCUT2D eigenvalue weighted by Crippen LogP contribution is -2.41. The maximum absolute atomic E-state index is 13.1. The van der Waals surface area contributed by atoms with Crippen LogP contribution in [-0.2, 0) is 12.8 Å². The van der Waals surface area contributed by atoms with Gasteiger partial charge in [-0.25, -0.2) is 4.39 Å². The fraction of sp³-hybridized carbons (Fsp3) is 0.333. The Morgan fingerprint density at radius 1 is 1.10 bits per heavy atom. The van der Waals surface area contributed by atoms with Crippen LogP contribution in [0.3, 0.4) is 0 Å². The summed E-state index contributed by atoms with van der Waals surface area (Å²) < 4.78 is 13.1. The first kappa shape index (κ1) is 14.2. The molecule has 0 amide bonds. The van der Waals surface area contributed by atoms with Gasteiger partial charge in [0.1, 0.15) is 5.82 Å². The molecule has 2 aromatic rings. The van der Waals surface area contributed by atoms with Gasteiger partial charge in [-0.1, -0.05) is 36.4 Å². The number of hydrogen-bond acceptors (Lipinski definition) is 2. The Balaban J connectivity index is 1.93. The number of hydrogen-bond donors (Lipinski definition) is 2. The van der Waals surface area contributed by atoms with Crippen molar-refractivity contribution in [1.82, 2.24) is 0 Å². The van der Waals surface area contributed by atoms with Crippen molar-refractivity contribution >= 4 is 0 Å². The van der Waals surface area contributed by atoms with E-state index in [4.69, 9.17) is 5.73 Å². The van der Waals surface area contributed by atoms with Crippen molar-refractivity contribution in [3.63, 3.8) is 0 Å². The Bertz CT molecular complexity index is 625. The lowest BCUT2D eigenvalue weighted by molar-refractivity contribution is 0.0177. The first-order valence-electron chi connectivity index (χ1n) is 7.35. The predicted molar refractivity (Wildman–Crippen MR) is 81.3 cm³/mol. The van der Waals surface area contributed by atoms with E-state index < -0.39 is 6.10 Å². The van der Waals surface area contributed by atoms with E-state index in [0.29, 0.717) is 6.54 Å². The summed E-state index contributed by atoms with van der Waals surface area (Å²) in [6.45, 7) is 0.417. The van der Waals surface area contributed by atoms with Gasteiger partial charge in [0.05, 0.1) is 6.10 Å². The van der Waals surface area contributed by atoms with E-state index in [9.17, 15) is 9.50 Å². The average Bonchev–Trinajstić information content (AvgIpc) is 2.54. The van der Waals surface area contributed by atoms with E-state index in [1.807, 2.05) is 12.1 Å². The normalized spacial score (nSPS) is 22.6. The Morgan fingerprint density at radius 2 is 1.76 bits per heavy atom. The van der Waals surface area contributed by atoms with Crippen LogP contribution in [0.1, 0.15) is 29.2 Å². The molecule has 0 fully saturated rings. The van der Waals surface area contributed by atoms with Gasteiger partial charge in [0.25, 0.3) is 0 Å². The van der Waals surface area contributed by atoms with E-state index in [2.05, 4.69) is 12.1 Å². The number of aliphatic hydroxyl groups is 1. The van der Waals surface area contributed by atoms with Crippen LogP contribution in [0.2, 0.25) is 0 Å². The summed E-state index contributed by atoms with van der Waals surface area (Å²) in [5.74, 6) is -0.290. The van der Waals surface area contributed by atoms with E-state index in [0.717, 1.165) is 24.8 Å². The van der Waals surface area contributed by atoms with Gasteiger partial charge < -0.3 is 10.8 Å². The predicted octanol–water partition coefficient (Wildman–Crippen LogP) is 2.99. The molecule has 110 valence electrons. The third-order valence-electron chi connectivity index (χ3n) is 4.73. The van der Waals surface area contributed by atoms with Crippen LogP contribution in [0.25, 0.3) is 0 Å². The zero-order valence-corrected chi connectivity index (χ0v) is 11.9. The van der Waals surface area contributed by atoms with Gasteiger partial charge in [-0.15, -0.1) is 0 Å². The highest BCUT2D eigenvalue weighted by atomic mass is 19.1. The first-order chi connectivity index (χ1) is 10.1. The highest BCUT2D eigenvalue weighted by molar-refractivity contribution is 5.33. The number of benzene rings is 2. The molecule has 3 N–H and O–H groups in total.